The SMILES string of the molecule is CC(C)(C)[Si](C)(C)OC(CNCc1ccc(NC(=O)c2cccc(CNC(=O)CCN3CCC(OC(=O)Nc4ccccc4-c4ccccc4)CC3)c2)cc1)c1ccc(O)c2[nH]c(=O)ccc12. The maximum Gasteiger partial charge on any atom is 0.411 e. The fourth-order valence-electron chi connectivity index (χ4n) is 7.92. The van der Waals surface area contributed by atoms with Crippen LogP contribution in [0.2, 0.25) is 18.1 Å². The molecule has 7 rings (SSSR count). The van der Waals surface area contributed by atoms with E-state index in [4.69, 9.17) is 9.16 Å². The van der Waals surface area contributed by atoms with Gasteiger partial charge in [-0.05, 0) is 95.7 Å². The molecule has 2 heterocycles. The number of carbonyl (C=O) groups is 3. The van der Waals surface area contributed by atoms with Crippen LogP contribution in [0, 0.1) is 0 Å². The molecule has 1 aromatic heterocycles. The summed E-state index contributed by atoms with van der Waals surface area (Å²) < 4.78 is 12.7. The molecule has 350 valence electrons. The van der Waals surface area contributed by atoms with Gasteiger partial charge in [-0.15, -0.1) is 0 Å². The summed E-state index contributed by atoms with van der Waals surface area (Å²) in [5.74, 6) is -0.326. The Kier molecular flexibility index (Phi) is 15.7. The standard InChI is InChI=1S/C53H62N6O7Si/c1-53(2,3)67(4,5)66-47(43-22-24-46(60)50-44(43)23-25-49(62)58-50)35-54-33-36-18-20-40(21-19-36)56-51(63)39-15-11-12-37(32-39)34-55-48(61)28-31-59-29-26-41(27-30-59)65-52(64)57-45-17-10-9-16-42(45)38-13-7-6-8-14-38/h6-25,32,41,47,54,60H,26-31,33-35H2,1-5H3,(H,55,61)(H,56,63)(H,57,64)(H,58,62). The Labute approximate surface area is 393 Å². The lowest BCUT2D eigenvalue weighted by molar-refractivity contribution is -0.121. The van der Waals surface area contributed by atoms with Crippen LogP contribution in [0.25, 0.3) is 22.0 Å². The average molecular weight is 923 g/mol. The zero-order chi connectivity index (χ0) is 47.6. The molecule has 6 N–H and O–H groups in total. The maximum atomic E-state index is 13.3. The van der Waals surface area contributed by atoms with E-state index < -0.39 is 14.4 Å². The summed E-state index contributed by atoms with van der Waals surface area (Å²) in [4.78, 5) is 56.1. The fourth-order valence-corrected chi connectivity index (χ4v) is 9.19. The van der Waals surface area contributed by atoms with Crippen LogP contribution in [0.15, 0.2) is 132 Å². The maximum absolute atomic E-state index is 13.3. The zero-order valence-electron chi connectivity index (χ0n) is 39.0. The lowest BCUT2D eigenvalue weighted by Crippen LogP contribution is -2.43. The predicted molar refractivity (Wildman–Crippen MR) is 268 cm³/mol. The van der Waals surface area contributed by atoms with E-state index in [1.165, 1.54) is 6.07 Å². The number of piperidine rings is 1. The number of pyridine rings is 1. The molecule has 1 aliphatic heterocycles. The van der Waals surface area contributed by atoms with E-state index in [1.54, 1.807) is 24.3 Å². The third-order valence-corrected chi connectivity index (χ3v) is 17.2. The van der Waals surface area contributed by atoms with E-state index in [9.17, 15) is 24.3 Å². The van der Waals surface area contributed by atoms with Gasteiger partial charge in [0.15, 0.2) is 8.32 Å². The molecule has 0 bridgehead atoms. The van der Waals surface area contributed by atoms with Gasteiger partial charge in [0.1, 0.15) is 11.9 Å². The molecule has 67 heavy (non-hydrogen) atoms. The number of ether oxygens (including phenoxy) is 1. The third-order valence-electron chi connectivity index (χ3n) is 12.8. The number of aromatic nitrogens is 1. The number of anilines is 2. The molecule has 0 spiro atoms. The Balaban J connectivity index is 0.835. The lowest BCUT2D eigenvalue weighted by atomic mass is 10.0. The van der Waals surface area contributed by atoms with Crippen molar-refractivity contribution in [3.63, 3.8) is 0 Å². The molecule has 6 aromatic rings. The third kappa shape index (κ3) is 13.1. The molecular weight excluding hydrogens is 861 g/mol. The van der Waals surface area contributed by atoms with Gasteiger partial charge in [-0.1, -0.05) is 99.6 Å². The molecule has 0 saturated carbocycles. The normalized spacial score (nSPS) is 14.0. The second-order valence-electron chi connectivity index (χ2n) is 18.6. The average Bonchev–Trinajstić information content (AvgIpc) is 3.31. The van der Waals surface area contributed by atoms with E-state index in [0.717, 1.165) is 46.3 Å². The van der Waals surface area contributed by atoms with Crippen molar-refractivity contribution in [2.45, 2.75) is 83.5 Å². The number of fused-ring (bicyclic) bond motifs is 1. The number of hydrogen-bond donors (Lipinski definition) is 6. The van der Waals surface area contributed by atoms with Crippen molar-refractivity contribution in [1.29, 1.82) is 0 Å². The smallest absolute Gasteiger partial charge is 0.411 e. The number of phenols is 1. The van der Waals surface area contributed by atoms with E-state index >= 15 is 0 Å². The molecule has 1 saturated heterocycles. The van der Waals surface area contributed by atoms with Gasteiger partial charge in [-0.25, -0.2) is 4.79 Å². The van der Waals surface area contributed by atoms with Crippen LogP contribution in [0.3, 0.4) is 0 Å². The number of hydrogen-bond acceptors (Lipinski definition) is 9. The first-order valence-corrected chi connectivity index (χ1v) is 25.9. The van der Waals surface area contributed by atoms with Crippen molar-refractivity contribution in [2.24, 2.45) is 0 Å². The quantitative estimate of drug-likeness (QED) is 0.0487. The number of H-pyrrole nitrogens is 1. The van der Waals surface area contributed by atoms with E-state index in [0.29, 0.717) is 67.9 Å². The van der Waals surface area contributed by atoms with Crippen molar-refractivity contribution < 1.29 is 28.7 Å². The Morgan fingerprint density at radius 1 is 0.821 bits per heavy atom. The van der Waals surface area contributed by atoms with Crippen LogP contribution in [-0.4, -0.2) is 73.5 Å². The van der Waals surface area contributed by atoms with E-state index in [1.807, 2.05) is 97.1 Å². The summed E-state index contributed by atoms with van der Waals surface area (Å²) in [6.07, 6.45) is 0.693. The summed E-state index contributed by atoms with van der Waals surface area (Å²) in [6.45, 7) is 14.4. The molecule has 13 nitrogen and oxygen atoms in total. The number of aromatic amines is 1. The minimum absolute atomic E-state index is 0.00869. The van der Waals surface area contributed by atoms with Gasteiger partial charge in [-0.2, -0.15) is 0 Å². The van der Waals surface area contributed by atoms with Gasteiger partial charge >= 0.3 is 6.09 Å². The van der Waals surface area contributed by atoms with Gasteiger partial charge < -0.3 is 40.1 Å². The first-order chi connectivity index (χ1) is 32.1. The summed E-state index contributed by atoms with van der Waals surface area (Å²) in [5.41, 5.74) is 6.58. The molecule has 1 atom stereocenters. The van der Waals surface area contributed by atoms with Crippen LogP contribution in [-0.2, 0) is 27.0 Å². The number of carbonyl (C=O) groups excluding carboxylic acids is 3. The molecule has 0 aliphatic carbocycles. The molecular formula is C53H62N6O7Si. The molecule has 1 unspecified atom stereocenters. The highest BCUT2D eigenvalue weighted by molar-refractivity contribution is 6.74. The molecule has 5 aromatic carbocycles. The van der Waals surface area contributed by atoms with Crippen LogP contribution in [0.1, 0.15) is 73.2 Å². The number of rotatable bonds is 17. The highest BCUT2D eigenvalue weighted by Gasteiger charge is 2.40. The molecule has 1 fully saturated rings. The van der Waals surface area contributed by atoms with Crippen LogP contribution < -0.4 is 26.8 Å². The number of amides is 3. The Morgan fingerprint density at radius 3 is 2.30 bits per heavy atom. The van der Waals surface area contributed by atoms with Crippen molar-refractivity contribution in [2.75, 3.05) is 36.8 Å². The lowest BCUT2D eigenvalue weighted by Gasteiger charge is -2.39. The number of nitrogens with zero attached hydrogens (tertiary/aromatic N) is 1. The Morgan fingerprint density at radius 2 is 1.55 bits per heavy atom. The first kappa shape index (κ1) is 48.4. The predicted octanol–water partition coefficient (Wildman–Crippen LogP) is 9.73. The van der Waals surface area contributed by atoms with Crippen molar-refractivity contribution in [1.82, 2.24) is 20.5 Å². The number of benzene rings is 5. The van der Waals surface area contributed by atoms with Gasteiger partial charge in [0.2, 0.25) is 11.5 Å². The largest absolute Gasteiger partial charge is 0.506 e. The Bertz CT molecular complexity index is 2710. The number of para-hydroxylation sites is 1. The van der Waals surface area contributed by atoms with Gasteiger partial charge in [-0.3, -0.25) is 19.7 Å². The number of nitrogens with one attached hydrogen (secondary N) is 5. The minimum atomic E-state index is -2.23. The minimum Gasteiger partial charge on any atom is -0.506 e. The van der Waals surface area contributed by atoms with Crippen LogP contribution in [0.5, 0.6) is 5.75 Å². The van der Waals surface area contributed by atoms with Gasteiger partial charge in [0, 0.05) is 74.0 Å². The summed E-state index contributed by atoms with van der Waals surface area (Å²) in [7, 11) is -2.23. The van der Waals surface area contributed by atoms with Crippen LogP contribution in [0.4, 0.5) is 16.2 Å². The Hall–Kier alpha value is -6.58. The highest BCUT2D eigenvalue weighted by atomic mass is 28.4. The van der Waals surface area contributed by atoms with Gasteiger partial charge in [0.05, 0.1) is 17.3 Å². The van der Waals surface area contributed by atoms with E-state index in [2.05, 4.69) is 65.0 Å². The summed E-state index contributed by atoms with van der Waals surface area (Å²) in [5, 5.41) is 23.7. The molecule has 14 heteroatoms. The summed E-state index contributed by atoms with van der Waals surface area (Å²) >= 11 is 0. The molecule has 0 radical (unpaired) electrons. The summed E-state index contributed by atoms with van der Waals surface area (Å²) in [6, 6.07) is 39.1. The topological polar surface area (TPSA) is 174 Å². The zero-order valence-corrected chi connectivity index (χ0v) is 40.0. The second kappa shape index (κ2) is 21.8. The van der Waals surface area contributed by atoms with Gasteiger partial charge in [0.25, 0.3) is 5.91 Å². The number of phenolic OH excluding ortho intramolecular Hbond substituents is 1. The van der Waals surface area contributed by atoms with Crippen molar-refractivity contribution in [3.05, 3.63) is 160 Å². The number of likely N-dealkylation sites (tertiary alicyclic amines) is 1. The number of aromatic hydroxyl groups is 1. The molecule has 1 aliphatic rings. The fraction of sp³-hybridized carbons (Fsp3) is 0.321. The van der Waals surface area contributed by atoms with E-state index in [-0.39, 0.29) is 40.4 Å². The first-order valence-electron chi connectivity index (χ1n) is 23.0. The van der Waals surface area contributed by atoms with Crippen molar-refractivity contribution in [3.8, 4) is 16.9 Å². The molecule has 3 amide bonds. The van der Waals surface area contributed by atoms with Crippen LogP contribution >= 0.6 is 0 Å². The highest BCUT2D eigenvalue weighted by Crippen LogP contribution is 2.41. The monoisotopic (exact) mass is 922 g/mol. The van der Waals surface area contributed by atoms with Crippen molar-refractivity contribution >= 4 is 48.5 Å². The second-order valence-corrected chi connectivity index (χ2v) is 23.4.